The van der Waals surface area contributed by atoms with Crippen molar-refractivity contribution in [2.45, 2.75) is 33.1 Å². The molecule has 0 aliphatic carbocycles. The minimum absolute atomic E-state index is 0.820. The molecule has 0 aliphatic heterocycles. The Bertz CT molecular complexity index is 294. The van der Waals surface area contributed by atoms with E-state index in [1.807, 2.05) is 19.1 Å². The van der Waals surface area contributed by atoms with Gasteiger partial charge in [-0.3, -0.25) is 0 Å². The van der Waals surface area contributed by atoms with Crippen LogP contribution in [0.2, 0.25) is 5.02 Å². The number of rotatable bonds is 3. The summed E-state index contributed by atoms with van der Waals surface area (Å²) in [5.41, 5.74) is 9.09. The van der Waals surface area contributed by atoms with Crippen molar-refractivity contribution in [3.05, 3.63) is 28.3 Å². The third-order valence-corrected chi connectivity index (χ3v) is 2.76. The van der Waals surface area contributed by atoms with Crippen LogP contribution < -0.4 is 5.73 Å². The van der Waals surface area contributed by atoms with Gasteiger partial charge in [-0.05, 0) is 43.0 Å². The predicted octanol–water partition coefficient (Wildman–Crippen LogP) is 3.57. The van der Waals surface area contributed by atoms with Gasteiger partial charge in [0.25, 0.3) is 0 Å². The molecule has 0 aliphatic rings. The molecule has 0 fully saturated rings. The van der Waals surface area contributed by atoms with Crippen LogP contribution in [0.3, 0.4) is 0 Å². The maximum Gasteiger partial charge on any atom is 0.0439 e. The fourth-order valence-corrected chi connectivity index (χ4v) is 1.61. The number of halogens is 1. The molecule has 0 heterocycles. The van der Waals surface area contributed by atoms with Crippen molar-refractivity contribution in [3.8, 4) is 0 Å². The second-order valence-corrected chi connectivity index (χ2v) is 3.75. The van der Waals surface area contributed by atoms with Crippen molar-refractivity contribution in [1.29, 1.82) is 0 Å². The fraction of sp³-hybridized carbons (Fsp3) is 0.455. The Morgan fingerprint density at radius 1 is 1.38 bits per heavy atom. The van der Waals surface area contributed by atoms with E-state index in [1.54, 1.807) is 0 Å². The zero-order valence-corrected chi connectivity index (χ0v) is 8.99. The van der Waals surface area contributed by atoms with Gasteiger partial charge in [-0.2, -0.15) is 0 Å². The quantitative estimate of drug-likeness (QED) is 0.737. The van der Waals surface area contributed by atoms with E-state index in [2.05, 4.69) is 6.92 Å². The summed E-state index contributed by atoms with van der Waals surface area (Å²) >= 11 is 6.01. The maximum atomic E-state index is 6.01. The van der Waals surface area contributed by atoms with Crippen LogP contribution in [-0.2, 0) is 6.42 Å². The van der Waals surface area contributed by atoms with Gasteiger partial charge >= 0.3 is 0 Å². The number of hydrogen-bond donors (Lipinski definition) is 1. The number of unbranched alkanes of at least 4 members (excludes halogenated alkanes) is 1. The van der Waals surface area contributed by atoms with E-state index in [0.29, 0.717) is 0 Å². The Morgan fingerprint density at radius 3 is 2.69 bits per heavy atom. The second kappa shape index (κ2) is 4.52. The highest BCUT2D eigenvalue weighted by Gasteiger charge is 2.05. The average Bonchev–Trinajstić information content (AvgIpc) is 2.12. The van der Waals surface area contributed by atoms with Crippen LogP contribution >= 0.6 is 11.6 Å². The van der Waals surface area contributed by atoms with Gasteiger partial charge in [0.15, 0.2) is 0 Å². The lowest BCUT2D eigenvalue weighted by molar-refractivity contribution is 0.793. The first-order chi connectivity index (χ1) is 6.16. The SMILES string of the molecule is CCCCc1c(N)ccc(Cl)c1C. The summed E-state index contributed by atoms with van der Waals surface area (Å²) in [4.78, 5) is 0. The summed E-state index contributed by atoms with van der Waals surface area (Å²) in [7, 11) is 0. The molecular formula is C11H16ClN. The Morgan fingerprint density at radius 2 is 2.08 bits per heavy atom. The summed E-state index contributed by atoms with van der Waals surface area (Å²) in [6.45, 7) is 4.21. The van der Waals surface area contributed by atoms with Crippen molar-refractivity contribution in [2.75, 3.05) is 5.73 Å². The third kappa shape index (κ3) is 2.38. The third-order valence-electron chi connectivity index (χ3n) is 2.35. The highest BCUT2D eigenvalue weighted by Crippen LogP contribution is 2.25. The van der Waals surface area contributed by atoms with E-state index >= 15 is 0 Å². The first kappa shape index (κ1) is 10.4. The van der Waals surface area contributed by atoms with Crippen LogP contribution in [0.25, 0.3) is 0 Å². The molecule has 0 saturated heterocycles. The number of benzene rings is 1. The number of anilines is 1. The molecular weight excluding hydrogens is 182 g/mol. The van der Waals surface area contributed by atoms with Gasteiger partial charge in [-0.25, -0.2) is 0 Å². The minimum atomic E-state index is 0.820. The molecule has 1 nitrogen and oxygen atoms in total. The van der Waals surface area contributed by atoms with Gasteiger partial charge in [0.1, 0.15) is 0 Å². The smallest absolute Gasteiger partial charge is 0.0439 e. The molecule has 0 amide bonds. The lowest BCUT2D eigenvalue weighted by Crippen LogP contribution is -1.98. The van der Waals surface area contributed by atoms with E-state index in [9.17, 15) is 0 Å². The molecule has 2 N–H and O–H groups in total. The highest BCUT2D eigenvalue weighted by atomic mass is 35.5. The van der Waals surface area contributed by atoms with Gasteiger partial charge in [0, 0.05) is 10.7 Å². The Kier molecular flexibility index (Phi) is 3.61. The average molecular weight is 198 g/mol. The monoisotopic (exact) mass is 197 g/mol. The molecule has 0 aromatic heterocycles. The van der Waals surface area contributed by atoms with E-state index < -0.39 is 0 Å². The molecule has 2 heteroatoms. The zero-order chi connectivity index (χ0) is 9.84. The molecule has 72 valence electrons. The zero-order valence-electron chi connectivity index (χ0n) is 8.23. The van der Waals surface area contributed by atoms with E-state index in [0.717, 1.165) is 22.7 Å². The molecule has 0 atom stereocenters. The van der Waals surface area contributed by atoms with E-state index in [4.69, 9.17) is 17.3 Å². The molecule has 0 unspecified atom stereocenters. The topological polar surface area (TPSA) is 26.0 Å². The number of nitrogen functional groups attached to an aromatic ring is 1. The molecule has 1 aromatic rings. The molecule has 1 rings (SSSR count). The summed E-state index contributed by atoms with van der Waals surface area (Å²) in [6.07, 6.45) is 3.39. The van der Waals surface area contributed by atoms with Crippen LogP contribution in [0, 0.1) is 6.92 Å². The lowest BCUT2D eigenvalue weighted by Gasteiger charge is -2.10. The Labute approximate surface area is 84.9 Å². The number of hydrogen-bond acceptors (Lipinski definition) is 1. The van der Waals surface area contributed by atoms with Crippen LogP contribution in [0.5, 0.6) is 0 Å². The molecule has 0 radical (unpaired) electrons. The van der Waals surface area contributed by atoms with Gasteiger partial charge in [-0.15, -0.1) is 0 Å². The molecule has 1 aromatic carbocycles. The first-order valence-electron chi connectivity index (χ1n) is 4.70. The van der Waals surface area contributed by atoms with E-state index in [1.165, 1.54) is 18.4 Å². The number of nitrogens with two attached hydrogens (primary N) is 1. The first-order valence-corrected chi connectivity index (χ1v) is 5.08. The highest BCUT2D eigenvalue weighted by molar-refractivity contribution is 6.31. The van der Waals surface area contributed by atoms with Crippen molar-refractivity contribution in [3.63, 3.8) is 0 Å². The van der Waals surface area contributed by atoms with Gasteiger partial charge in [-0.1, -0.05) is 24.9 Å². The van der Waals surface area contributed by atoms with Crippen LogP contribution in [0.15, 0.2) is 12.1 Å². The van der Waals surface area contributed by atoms with Gasteiger partial charge in [0.05, 0.1) is 0 Å². The second-order valence-electron chi connectivity index (χ2n) is 3.34. The summed E-state index contributed by atoms with van der Waals surface area (Å²) in [5.74, 6) is 0. The predicted molar refractivity (Wildman–Crippen MR) is 59.2 cm³/mol. The van der Waals surface area contributed by atoms with Crippen molar-refractivity contribution in [1.82, 2.24) is 0 Å². The molecule has 0 bridgehead atoms. The maximum absolute atomic E-state index is 6.01. The largest absolute Gasteiger partial charge is 0.398 e. The van der Waals surface area contributed by atoms with Crippen LogP contribution in [-0.4, -0.2) is 0 Å². The standard InChI is InChI=1S/C11H16ClN/c1-3-4-5-9-8(2)10(12)6-7-11(9)13/h6-7H,3-5,13H2,1-2H3. The van der Waals surface area contributed by atoms with Crippen molar-refractivity contribution in [2.24, 2.45) is 0 Å². The lowest BCUT2D eigenvalue weighted by atomic mass is 10.0. The normalized spacial score (nSPS) is 10.4. The fourth-order valence-electron chi connectivity index (χ4n) is 1.43. The summed E-state index contributed by atoms with van der Waals surface area (Å²) in [5, 5.41) is 0.820. The van der Waals surface area contributed by atoms with Gasteiger partial charge < -0.3 is 5.73 Å². The van der Waals surface area contributed by atoms with Crippen LogP contribution in [0.4, 0.5) is 5.69 Å². The van der Waals surface area contributed by atoms with Crippen molar-refractivity contribution >= 4 is 17.3 Å². The van der Waals surface area contributed by atoms with Crippen molar-refractivity contribution < 1.29 is 0 Å². The summed E-state index contributed by atoms with van der Waals surface area (Å²) in [6, 6.07) is 3.75. The Balaban J connectivity index is 2.96. The molecule has 13 heavy (non-hydrogen) atoms. The molecule has 0 spiro atoms. The summed E-state index contributed by atoms with van der Waals surface area (Å²) < 4.78 is 0. The molecule has 0 saturated carbocycles. The minimum Gasteiger partial charge on any atom is -0.398 e. The Hall–Kier alpha value is -0.690. The van der Waals surface area contributed by atoms with Crippen LogP contribution in [0.1, 0.15) is 30.9 Å². The van der Waals surface area contributed by atoms with Gasteiger partial charge in [0.2, 0.25) is 0 Å². The van der Waals surface area contributed by atoms with E-state index in [-0.39, 0.29) is 0 Å².